The SMILES string of the molecule is CCOCCCNC(=O)/C=C/c1cccc2ccccc12. The Bertz CT molecular complexity index is 614. The summed E-state index contributed by atoms with van der Waals surface area (Å²) in [5, 5.41) is 5.18. The molecule has 0 aromatic heterocycles. The lowest BCUT2D eigenvalue weighted by molar-refractivity contribution is -0.116. The first-order valence-electron chi connectivity index (χ1n) is 7.32. The van der Waals surface area contributed by atoms with Crippen molar-refractivity contribution in [3.05, 3.63) is 54.1 Å². The van der Waals surface area contributed by atoms with Crippen molar-refractivity contribution >= 4 is 22.8 Å². The Labute approximate surface area is 125 Å². The maximum absolute atomic E-state index is 11.7. The number of carbonyl (C=O) groups is 1. The topological polar surface area (TPSA) is 38.3 Å². The van der Waals surface area contributed by atoms with Crippen molar-refractivity contribution in [1.82, 2.24) is 5.32 Å². The first-order chi connectivity index (χ1) is 10.3. The van der Waals surface area contributed by atoms with Crippen LogP contribution in [0.25, 0.3) is 16.8 Å². The maximum atomic E-state index is 11.7. The van der Waals surface area contributed by atoms with E-state index in [-0.39, 0.29) is 5.91 Å². The Morgan fingerprint density at radius 3 is 2.86 bits per heavy atom. The van der Waals surface area contributed by atoms with E-state index in [0.717, 1.165) is 24.0 Å². The predicted octanol–water partition coefficient (Wildman–Crippen LogP) is 3.40. The van der Waals surface area contributed by atoms with Crippen molar-refractivity contribution in [2.24, 2.45) is 0 Å². The molecule has 0 heterocycles. The molecule has 2 aromatic rings. The lowest BCUT2D eigenvalue weighted by Crippen LogP contribution is -2.23. The van der Waals surface area contributed by atoms with Crippen molar-refractivity contribution in [3.63, 3.8) is 0 Å². The van der Waals surface area contributed by atoms with E-state index in [1.165, 1.54) is 5.39 Å². The van der Waals surface area contributed by atoms with Gasteiger partial charge in [-0.1, -0.05) is 42.5 Å². The molecular weight excluding hydrogens is 262 g/mol. The first-order valence-corrected chi connectivity index (χ1v) is 7.32. The number of carbonyl (C=O) groups excluding carboxylic acids is 1. The van der Waals surface area contributed by atoms with Gasteiger partial charge >= 0.3 is 0 Å². The Morgan fingerprint density at radius 2 is 2.00 bits per heavy atom. The van der Waals surface area contributed by atoms with Gasteiger partial charge in [0.1, 0.15) is 0 Å². The molecule has 0 unspecified atom stereocenters. The standard InChI is InChI=1S/C18H21NO2/c1-2-21-14-6-13-19-18(20)12-11-16-9-5-8-15-7-3-4-10-17(15)16/h3-5,7-12H,2,6,13-14H2,1H3,(H,19,20)/b12-11+. The molecular formula is C18H21NO2. The van der Waals surface area contributed by atoms with Crippen LogP contribution in [0.3, 0.4) is 0 Å². The van der Waals surface area contributed by atoms with Crippen LogP contribution in [0.2, 0.25) is 0 Å². The van der Waals surface area contributed by atoms with E-state index in [9.17, 15) is 4.79 Å². The molecule has 110 valence electrons. The zero-order valence-electron chi connectivity index (χ0n) is 12.3. The molecule has 0 bridgehead atoms. The average Bonchev–Trinajstić information content (AvgIpc) is 2.52. The van der Waals surface area contributed by atoms with Crippen molar-refractivity contribution in [2.45, 2.75) is 13.3 Å². The van der Waals surface area contributed by atoms with Crippen LogP contribution < -0.4 is 5.32 Å². The van der Waals surface area contributed by atoms with Gasteiger partial charge in [0, 0.05) is 25.8 Å². The van der Waals surface area contributed by atoms with E-state index in [4.69, 9.17) is 4.74 Å². The van der Waals surface area contributed by atoms with Crippen LogP contribution in [0.1, 0.15) is 18.9 Å². The monoisotopic (exact) mass is 283 g/mol. The molecule has 0 atom stereocenters. The summed E-state index contributed by atoms with van der Waals surface area (Å²) >= 11 is 0. The van der Waals surface area contributed by atoms with Gasteiger partial charge in [-0.05, 0) is 35.8 Å². The van der Waals surface area contributed by atoms with Crippen molar-refractivity contribution < 1.29 is 9.53 Å². The van der Waals surface area contributed by atoms with Gasteiger partial charge in [-0.2, -0.15) is 0 Å². The maximum Gasteiger partial charge on any atom is 0.244 e. The minimum absolute atomic E-state index is 0.0700. The number of fused-ring (bicyclic) bond motifs is 1. The number of rotatable bonds is 7. The second kappa shape index (κ2) is 8.22. The van der Waals surface area contributed by atoms with Gasteiger partial charge in [0.25, 0.3) is 0 Å². The van der Waals surface area contributed by atoms with Gasteiger partial charge in [0.05, 0.1) is 0 Å². The highest BCUT2D eigenvalue weighted by Crippen LogP contribution is 2.19. The fourth-order valence-corrected chi connectivity index (χ4v) is 2.15. The molecule has 3 heteroatoms. The molecule has 0 radical (unpaired) electrons. The number of nitrogens with one attached hydrogen (secondary N) is 1. The van der Waals surface area contributed by atoms with E-state index in [0.29, 0.717) is 13.2 Å². The lowest BCUT2D eigenvalue weighted by atomic mass is 10.0. The molecule has 0 aliphatic rings. The van der Waals surface area contributed by atoms with E-state index in [1.54, 1.807) is 6.08 Å². The molecule has 1 amide bonds. The molecule has 0 spiro atoms. The van der Waals surface area contributed by atoms with Crippen LogP contribution >= 0.6 is 0 Å². The van der Waals surface area contributed by atoms with Gasteiger partial charge in [0.2, 0.25) is 5.91 Å². The van der Waals surface area contributed by atoms with Gasteiger partial charge in [-0.15, -0.1) is 0 Å². The van der Waals surface area contributed by atoms with E-state index < -0.39 is 0 Å². The highest BCUT2D eigenvalue weighted by Gasteiger charge is 1.98. The number of amides is 1. The third-order valence-corrected chi connectivity index (χ3v) is 3.21. The summed E-state index contributed by atoms with van der Waals surface area (Å²) in [6.45, 7) is 4.00. The molecule has 0 saturated carbocycles. The number of ether oxygens (including phenoxy) is 1. The quantitative estimate of drug-likeness (QED) is 0.625. The van der Waals surface area contributed by atoms with E-state index in [2.05, 4.69) is 23.5 Å². The van der Waals surface area contributed by atoms with Crippen LogP contribution in [-0.4, -0.2) is 25.7 Å². The largest absolute Gasteiger partial charge is 0.382 e. The predicted molar refractivity (Wildman–Crippen MR) is 87.1 cm³/mol. The molecule has 21 heavy (non-hydrogen) atoms. The molecule has 1 N–H and O–H groups in total. The van der Waals surface area contributed by atoms with Crippen molar-refractivity contribution in [3.8, 4) is 0 Å². The number of hydrogen-bond acceptors (Lipinski definition) is 2. The summed E-state index contributed by atoms with van der Waals surface area (Å²) < 4.78 is 5.22. The number of hydrogen-bond donors (Lipinski definition) is 1. The highest BCUT2D eigenvalue weighted by atomic mass is 16.5. The van der Waals surface area contributed by atoms with Crippen LogP contribution in [0.4, 0.5) is 0 Å². The average molecular weight is 283 g/mol. The smallest absolute Gasteiger partial charge is 0.244 e. The Kier molecular flexibility index (Phi) is 5.98. The van der Waals surface area contributed by atoms with Crippen molar-refractivity contribution in [1.29, 1.82) is 0 Å². The minimum Gasteiger partial charge on any atom is -0.382 e. The molecule has 3 nitrogen and oxygen atoms in total. The summed E-state index contributed by atoms with van der Waals surface area (Å²) in [7, 11) is 0. The molecule has 2 aromatic carbocycles. The zero-order chi connectivity index (χ0) is 14.9. The van der Waals surface area contributed by atoms with Gasteiger partial charge in [0.15, 0.2) is 0 Å². The summed E-state index contributed by atoms with van der Waals surface area (Å²) in [5.74, 6) is -0.0700. The van der Waals surface area contributed by atoms with Gasteiger partial charge < -0.3 is 10.1 Å². The molecule has 0 aliphatic heterocycles. The van der Waals surface area contributed by atoms with Crippen LogP contribution in [0, 0.1) is 0 Å². The highest BCUT2D eigenvalue weighted by molar-refractivity contribution is 5.96. The molecule has 0 fully saturated rings. The summed E-state index contributed by atoms with van der Waals surface area (Å²) in [4.78, 5) is 11.7. The number of benzene rings is 2. The second-order valence-electron chi connectivity index (χ2n) is 4.74. The van der Waals surface area contributed by atoms with Gasteiger partial charge in [-0.25, -0.2) is 0 Å². The molecule has 2 rings (SSSR count). The Hall–Kier alpha value is -2.13. The van der Waals surface area contributed by atoms with Crippen LogP contribution in [0.15, 0.2) is 48.5 Å². The zero-order valence-corrected chi connectivity index (χ0v) is 12.3. The van der Waals surface area contributed by atoms with Crippen LogP contribution in [-0.2, 0) is 9.53 Å². The van der Waals surface area contributed by atoms with Crippen molar-refractivity contribution in [2.75, 3.05) is 19.8 Å². The fraction of sp³-hybridized carbons (Fsp3) is 0.278. The molecule has 0 saturated heterocycles. The third-order valence-electron chi connectivity index (χ3n) is 3.21. The van der Waals surface area contributed by atoms with Gasteiger partial charge in [-0.3, -0.25) is 4.79 Å². The first kappa shape index (κ1) is 15.3. The molecule has 0 aliphatic carbocycles. The van der Waals surface area contributed by atoms with E-state index >= 15 is 0 Å². The van der Waals surface area contributed by atoms with E-state index in [1.807, 2.05) is 37.3 Å². The summed E-state index contributed by atoms with van der Waals surface area (Å²) in [5.41, 5.74) is 1.05. The Morgan fingerprint density at radius 1 is 1.19 bits per heavy atom. The fourth-order valence-electron chi connectivity index (χ4n) is 2.15. The second-order valence-corrected chi connectivity index (χ2v) is 4.74. The Balaban J connectivity index is 1.92. The summed E-state index contributed by atoms with van der Waals surface area (Å²) in [6, 6.07) is 14.2. The minimum atomic E-state index is -0.0700. The third kappa shape index (κ3) is 4.72. The normalized spacial score (nSPS) is 11.1. The lowest BCUT2D eigenvalue weighted by Gasteiger charge is -2.03. The van der Waals surface area contributed by atoms with Crippen LogP contribution in [0.5, 0.6) is 0 Å². The summed E-state index contributed by atoms with van der Waals surface area (Å²) in [6.07, 6.45) is 4.28.